The number of hydrogen-bond donors (Lipinski definition) is 3. The van der Waals surface area contributed by atoms with Gasteiger partial charge in [0, 0.05) is 30.1 Å². The molecule has 9 heteroatoms. The predicted octanol–water partition coefficient (Wildman–Crippen LogP) is 2.30. The molecular formula is C24H20N4O4S. The molecular weight excluding hydrogens is 440 g/mol. The Morgan fingerprint density at radius 1 is 0.939 bits per heavy atom. The Kier molecular flexibility index (Phi) is 6.16. The lowest BCUT2D eigenvalue weighted by atomic mass is 9.93. The lowest BCUT2D eigenvalue weighted by Gasteiger charge is -2.19. The highest BCUT2D eigenvalue weighted by Gasteiger charge is 2.27. The Balaban J connectivity index is 1.63. The summed E-state index contributed by atoms with van der Waals surface area (Å²) in [5, 5.41) is 10.6. The molecule has 166 valence electrons. The van der Waals surface area contributed by atoms with E-state index in [4.69, 9.17) is 5.14 Å². The van der Waals surface area contributed by atoms with Crippen molar-refractivity contribution in [3.63, 3.8) is 0 Å². The van der Waals surface area contributed by atoms with E-state index in [1.54, 1.807) is 42.6 Å². The molecule has 2 amide bonds. The fraction of sp³-hybridized carbons (Fsp3) is 0.0417. The summed E-state index contributed by atoms with van der Waals surface area (Å²) in [6.07, 6.45) is 6.83. The van der Waals surface area contributed by atoms with Crippen LogP contribution in [0, 0.1) is 0 Å². The minimum atomic E-state index is -3.89. The number of amides is 2. The maximum atomic E-state index is 12.5. The van der Waals surface area contributed by atoms with Crippen molar-refractivity contribution in [3.05, 3.63) is 101 Å². The zero-order valence-corrected chi connectivity index (χ0v) is 18.2. The van der Waals surface area contributed by atoms with Crippen LogP contribution in [0.2, 0.25) is 0 Å². The molecule has 0 fully saturated rings. The normalized spacial score (nSPS) is 14.9. The molecule has 0 aliphatic carbocycles. The van der Waals surface area contributed by atoms with Crippen LogP contribution in [0.5, 0.6) is 0 Å². The van der Waals surface area contributed by atoms with E-state index in [-0.39, 0.29) is 17.0 Å². The van der Waals surface area contributed by atoms with E-state index in [1.165, 1.54) is 12.3 Å². The first kappa shape index (κ1) is 22.1. The Morgan fingerprint density at radius 3 is 2.48 bits per heavy atom. The Bertz CT molecular complexity index is 1400. The van der Waals surface area contributed by atoms with Gasteiger partial charge in [-0.15, -0.1) is 0 Å². The van der Waals surface area contributed by atoms with E-state index < -0.39 is 21.8 Å². The van der Waals surface area contributed by atoms with Crippen molar-refractivity contribution in [2.45, 2.75) is 11.4 Å². The van der Waals surface area contributed by atoms with Crippen molar-refractivity contribution in [1.82, 2.24) is 15.6 Å². The van der Waals surface area contributed by atoms with E-state index >= 15 is 0 Å². The van der Waals surface area contributed by atoms with Crippen LogP contribution in [0.3, 0.4) is 0 Å². The van der Waals surface area contributed by atoms with Crippen LogP contribution in [-0.4, -0.2) is 25.2 Å². The largest absolute Gasteiger partial charge is 0.386 e. The number of fused-ring (bicyclic) bond motifs is 1. The van der Waals surface area contributed by atoms with Crippen molar-refractivity contribution in [2.75, 3.05) is 0 Å². The summed E-state index contributed by atoms with van der Waals surface area (Å²) in [4.78, 5) is 29.1. The van der Waals surface area contributed by atoms with Crippen molar-refractivity contribution in [1.29, 1.82) is 0 Å². The Morgan fingerprint density at radius 2 is 1.73 bits per heavy atom. The molecule has 1 aliphatic heterocycles. The van der Waals surface area contributed by atoms with Crippen LogP contribution in [0.15, 0.2) is 78.0 Å². The molecule has 0 spiro atoms. The van der Waals surface area contributed by atoms with Crippen LogP contribution in [-0.2, 0) is 21.4 Å². The minimum Gasteiger partial charge on any atom is -0.386 e. The van der Waals surface area contributed by atoms with Crippen molar-refractivity contribution in [2.24, 2.45) is 5.14 Å². The molecule has 2 aromatic carbocycles. The van der Waals surface area contributed by atoms with Gasteiger partial charge in [-0.3, -0.25) is 19.9 Å². The lowest BCUT2D eigenvalue weighted by molar-refractivity contribution is -0.114. The van der Waals surface area contributed by atoms with E-state index in [2.05, 4.69) is 15.6 Å². The number of benzene rings is 2. The maximum Gasteiger partial charge on any atom is 0.260 e. The van der Waals surface area contributed by atoms with Gasteiger partial charge >= 0.3 is 0 Å². The van der Waals surface area contributed by atoms with Gasteiger partial charge in [0.1, 0.15) is 0 Å². The summed E-state index contributed by atoms with van der Waals surface area (Å²) in [5.41, 5.74) is 3.10. The SMILES string of the molecule is NS(=O)(=O)c1ccccc1CN/C=C1\C(=O)NC(=O)c2ccc(/C=C/c3ccccn3)cc21. The van der Waals surface area contributed by atoms with Crippen LogP contribution in [0.25, 0.3) is 17.7 Å². The molecule has 0 saturated heterocycles. The molecule has 1 aliphatic rings. The van der Waals surface area contributed by atoms with Crippen LogP contribution >= 0.6 is 0 Å². The first-order valence-electron chi connectivity index (χ1n) is 9.96. The summed E-state index contributed by atoms with van der Waals surface area (Å²) in [5.74, 6) is -1.03. The molecule has 1 aromatic heterocycles. The van der Waals surface area contributed by atoms with E-state index in [9.17, 15) is 18.0 Å². The second kappa shape index (κ2) is 9.19. The van der Waals surface area contributed by atoms with Crippen LogP contribution < -0.4 is 15.8 Å². The number of sulfonamides is 1. The van der Waals surface area contributed by atoms with Crippen molar-refractivity contribution >= 4 is 39.6 Å². The number of carbonyl (C=O) groups excluding carboxylic acids is 2. The zero-order valence-electron chi connectivity index (χ0n) is 17.4. The average Bonchev–Trinajstić information content (AvgIpc) is 2.80. The number of pyridine rings is 1. The monoisotopic (exact) mass is 460 g/mol. The molecule has 0 unspecified atom stereocenters. The van der Waals surface area contributed by atoms with Gasteiger partial charge in [-0.05, 0) is 47.5 Å². The summed E-state index contributed by atoms with van der Waals surface area (Å²) in [7, 11) is -3.89. The summed E-state index contributed by atoms with van der Waals surface area (Å²) in [6, 6.07) is 17.1. The summed E-state index contributed by atoms with van der Waals surface area (Å²) >= 11 is 0. The number of nitrogens with two attached hydrogens (primary N) is 1. The molecule has 8 nitrogen and oxygen atoms in total. The van der Waals surface area contributed by atoms with Gasteiger partial charge in [-0.25, -0.2) is 13.6 Å². The lowest BCUT2D eigenvalue weighted by Crippen LogP contribution is -2.37. The number of imide groups is 1. The molecule has 0 atom stereocenters. The fourth-order valence-corrected chi connectivity index (χ4v) is 4.21. The zero-order chi connectivity index (χ0) is 23.4. The second-order valence-corrected chi connectivity index (χ2v) is 8.80. The molecule has 3 aromatic rings. The van der Waals surface area contributed by atoms with Gasteiger partial charge in [0.25, 0.3) is 11.8 Å². The van der Waals surface area contributed by atoms with Gasteiger partial charge < -0.3 is 5.32 Å². The number of rotatable bonds is 6. The summed E-state index contributed by atoms with van der Waals surface area (Å²) < 4.78 is 23.6. The van der Waals surface area contributed by atoms with E-state index in [0.29, 0.717) is 16.7 Å². The Labute approximate surface area is 190 Å². The van der Waals surface area contributed by atoms with Crippen molar-refractivity contribution in [3.8, 4) is 0 Å². The highest BCUT2D eigenvalue weighted by Crippen LogP contribution is 2.26. The van der Waals surface area contributed by atoms with E-state index in [0.717, 1.165) is 11.3 Å². The van der Waals surface area contributed by atoms with Crippen LogP contribution in [0.1, 0.15) is 32.7 Å². The predicted molar refractivity (Wildman–Crippen MR) is 125 cm³/mol. The smallest absolute Gasteiger partial charge is 0.260 e. The topological polar surface area (TPSA) is 131 Å². The molecule has 0 saturated carbocycles. The quantitative estimate of drug-likeness (QED) is 0.382. The first-order valence-corrected chi connectivity index (χ1v) is 11.5. The molecule has 0 radical (unpaired) electrons. The van der Waals surface area contributed by atoms with Gasteiger partial charge in [-0.2, -0.15) is 0 Å². The number of primary sulfonamides is 1. The molecule has 4 N–H and O–H groups in total. The number of aromatic nitrogens is 1. The number of carbonyl (C=O) groups is 2. The van der Waals surface area contributed by atoms with Crippen LogP contribution in [0.4, 0.5) is 0 Å². The van der Waals surface area contributed by atoms with Crippen molar-refractivity contribution < 1.29 is 18.0 Å². The molecule has 0 bridgehead atoms. The maximum absolute atomic E-state index is 12.5. The molecule has 33 heavy (non-hydrogen) atoms. The third-order valence-corrected chi connectivity index (χ3v) is 6.01. The number of hydrogen-bond acceptors (Lipinski definition) is 6. The highest BCUT2D eigenvalue weighted by atomic mass is 32.2. The molecule has 4 rings (SSSR count). The fourth-order valence-electron chi connectivity index (χ4n) is 3.44. The van der Waals surface area contributed by atoms with E-state index in [1.807, 2.05) is 30.4 Å². The van der Waals surface area contributed by atoms with Gasteiger partial charge in [-0.1, -0.05) is 36.4 Å². The van der Waals surface area contributed by atoms with Gasteiger partial charge in [0.2, 0.25) is 10.0 Å². The van der Waals surface area contributed by atoms with Gasteiger partial charge in [0.15, 0.2) is 0 Å². The average molecular weight is 461 g/mol. The van der Waals surface area contributed by atoms with Gasteiger partial charge in [0.05, 0.1) is 16.2 Å². The first-order chi connectivity index (χ1) is 15.8. The standard InChI is InChI=1S/C24H20N4O4S/c25-33(31,32)22-7-2-1-5-17(22)14-26-15-21-20-13-16(8-10-18-6-3-4-12-27-18)9-11-19(20)23(29)28-24(21)30/h1-13,15,26H,14H2,(H2,25,31,32)(H,28,29,30)/b10-8+,21-15-. The second-order valence-electron chi connectivity index (χ2n) is 7.27. The summed E-state index contributed by atoms with van der Waals surface area (Å²) in [6.45, 7) is 0.117. The molecule has 2 heterocycles. The third kappa shape index (κ3) is 5.05. The number of nitrogens with one attached hydrogen (secondary N) is 2. The minimum absolute atomic E-state index is 0.00141. The number of nitrogens with zero attached hydrogens (tertiary/aromatic N) is 1. The highest BCUT2D eigenvalue weighted by molar-refractivity contribution is 7.89. The third-order valence-electron chi connectivity index (χ3n) is 5.00. The Hall–Kier alpha value is -4.08.